The van der Waals surface area contributed by atoms with Crippen LogP contribution in [0.2, 0.25) is 5.15 Å². The van der Waals surface area contributed by atoms with E-state index in [0.29, 0.717) is 22.9 Å². The molecule has 3 rings (SSSR count). The van der Waals surface area contributed by atoms with E-state index in [-0.39, 0.29) is 5.78 Å². The fraction of sp³-hybridized carbons (Fsp3) is 0.100. The van der Waals surface area contributed by atoms with Crippen molar-refractivity contribution in [3.63, 3.8) is 0 Å². The van der Waals surface area contributed by atoms with Gasteiger partial charge in [0.2, 0.25) is 0 Å². The van der Waals surface area contributed by atoms with Crippen LogP contribution in [0.3, 0.4) is 0 Å². The number of fused-ring (bicyclic) bond motifs is 1. The van der Waals surface area contributed by atoms with Crippen molar-refractivity contribution in [3.05, 3.63) is 77.0 Å². The van der Waals surface area contributed by atoms with Gasteiger partial charge in [0, 0.05) is 22.6 Å². The van der Waals surface area contributed by atoms with Gasteiger partial charge in [-0.25, -0.2) is 4.98 Å². The molecule has 24 heavy (non-hydrogen) atoms. The number of hydrogen-bond donors (Lipinski definition) is 0. The first kappa shape index (κ1) is 16.2. The fourth-order valence-corrected chi connectivity index (χ4v) is 2.59. The number of halogens is 1. The maximum Gasteiger partial charge on any atom is 0.185 e. The Labute approximate surface area is 145 Å². The molecule has 120 valence electrons. The Bertz CT molecular complexity index is 904. The van der Waals surface area contributed by atoms with Crippen LogP contribution in [-0.2, 0) is 0 Å². The number of benzene rings is 2. The molecule has 2 aromatic carbocycles. The van der Waals surface area contributed by atoms with Crippen molar-refractivity contribution in [2.75, 3.05) is 6.61 Å². The monoisotopic (exact) mass is 337 g/mol. The van der Waals surface area contributed by atoms with Crippen molar-refractivity contribution >= 4 is 34.4 Å². The maximum absolute atomic E-state index is 12.1. The molecule has 0 fully saturated rings. The van der Waals surface area contributed by atoms with E-state index >= 15 is 0 Å². The summed E-state index contributed by atoms with van der Waals surface area (Å²) in [6.45, 7) is 2.53. The Morgan fingerprint density at radius 2 is 1.96 bits per heavy atom. The molecule has 0 radical (unpaired) electrons. The standard InChI is InChI=1S/C20H16ClNO2/c1-2-24-17-10-8-15-12-16(20(21)22-18(15)13-17)9-11-19(23)14-6-4-3-5-7-14/h3-13H,2H2,1H3. The van der Waals surface area contributed by atoms with E-state index in [4.69, 9.17) is 16.3 Å². The number of rotatable bonds is 5. The quantitative estimate of drug-likeness (QED) is 0.365. The summed E-state index contributed by atoms with van der Waals surface area (Å²) >= 11 is 6.25. The predicted molar refractivity (Wildman–Crippen MR) is 97.7 cm³/mol. The van der Waals surface area contributed by atoms with Crippen molar-refractivity contribution in [1.29, 1.82) is 0 Å². The van der Waals surface area contributed by atoms with Crippen LogP contribution in [0, 0.1) is 0 Å². The second-order valence-corrected chi connectivity index (χ2v) is 5.58. The summed E-state index contributed by atoms with van der Waals surface area (Å²) in [4.78, 5) is 16.5. The minimum Gasteiger partial charge on any atom is -0.494 e. The highest BCUT2D eigenvalue weighted by molar-refractivity contribution is 6.31. The number of pyridine rings is 1. The van der Waals surface area contributed by atoms with Crippen LogP contribution in [0.1, 0.15) is 22.8 Å². The molecular weight excluding hydrogens is 322 g/mol. The van der Waals surface area contributed by atoms with E-state index in [9.17, 15) is 4.79 Å². The van der Waals surface area contributed by atoms with E-state index in [1.807, 2.05) is 49.4 Å². The molecule has 3 nitrogen and oxygen atoms in total. The second-order valence-electron chi connectivity index (χ2n) is 5.22. The van der Waals surface area contributed by atoms with E-state index < -0.39 is 0 Å². The molecule has 0 amide bonds. The fourth-order valence-electron chi connectivity index (χ4n) is 2.38. The minimum atomic E-state index is -0.0709. The van der Waals surface area contributed by atoms with E-state index in [2.05, 4.69) is 4.98 Å². The number of ether oxygens (including phenoxy) is 1. The average Bonchev–Trinajstić information content (AvgIpc) is 2.60. The molecular formula is C20H16ClNO2. The Kier molecular flexibility index (Phi) is 4.92. The summed E-state index contributed by atoms with van der Waals surface area (Å²) < 4.78 is 5.47. The summed E-state index contributed by atoms with van der Waals surface area (Å²) in [6.07, 6.45) is 3.21. The molecule has 3 aromatic rings. The summed E-state index contributed by atoms with van der Waals surface area (Å²) in [7, 11) is 0. The highest BCUT2D eigenvalue weighted by Gasteiger charge is 2.06. The molecule has 0 spiro atoms. The molecule has 4 heteroatoms. The lowest BCUT2D eigenvalue weighted by molar-refractivity contribution is 0.104. The van der Waals surface area contributed by atoms with Gasteiger partial charge in [0.25, 0.3) is 0 Å². The number of hydrogen-bond acceptors (Lipinski definition) is 3. The van der Waals surface area contributed by atoms with Crippen molar-refractivity contribution in [2.24, 2.45) is 0 Å². The molecule has 0 aliphatic rings. The van der Waals surface area contributed by atoms with Crippen LogP contribution in [0.5, 0.6) is 5.75 Å². The first-order chi connectivity index (χ1) is 11.7. The molecule has 1 aromatic heterocycles. The predicted octanol–water partition coefficient (Wildman–Crippen LogP) is 5.18. The third-order valence-electron chi connectivity index (χ3n) is 3.55. The normalized spacial score (nSPS) is 11.1. The topological polar surface area (TPSA) is 39.2 Å². The second kappa shape index (κ2) is 7.28. The number of allylic oxidation sites excluding steroid dienone is 1. The zero-order chi connectivity index (χ0) is 16.9. The number of ketones is 1. The van der Waals surface area contributed by atoms with E-state index in [0.717, 1.165) is 16.7 Å². The third-order valence-corrected chi connectivity index (χ3v) is 3.86. The summed E-state index contributed by atoms with van der Waals surface area (Å²) in [6, 6.07) is 16.7. The molecule has 0 bridgehead atoms. The first-order valence-electron chi connectivity index (χ1n) is 7.68. The highest BCUT2D eigenvalue weighted by atomic mass is 35.5. The lowest BCUT2D eigenvalue weighted by Gasteiger charge is -2.06. The molecule has 0 aliphatic heterocycles. The largest absolute Gasteiger partial charge is 0.494 e. The van der Waals surface area contributed by atoms with Crippen LogP contribution in [0.4, 0.5) is 0 Å². The van der Waals surface area contributed by atoms with Crippen LogP contribution in [-0.4, -0.2) is 17.4 Å². The number of carbonyl (C=O) groups is 1. The van der Waals surface area contributed by atoms with Gasteiger partial charge in [-0.1, -0.05) is 41.9 Å². The van der Waals surface area contributed by atoms with E-state index in [1.54, 1.807) is 18.2 Å². The molecule has 0 unspecified atom stereocenters. The first-order valence-corrected chi connectivity index (χ1v) is 8.05. The third kappa shape index (κ3) is 3.63. The number of carbonyl (C=O) groups excluding carboxylic acids is 1. The van der Waals surface area contributed by atoms with Gasteiger partial charge in [0.05, 0.1) is 12.1 Å². The van der Waals surface area contributed by atoms with Crippen molar-refractivity contribution in [3.8, 4) is 5.75 Å². The Hall–Kier alpha value is -2.65. The van der Waals surface area contributed by atoms with Gasteiger partial charge in [-0.3, -0.25) is 4.79 Å². The van der Waals surface area contributed by atoms with Crippen LogP contribution in [0.25, 0.3) is 17.0 Å². The van der Waals surface area contributed by atoms with Crippen LogP contribution in [0.15, 0.2) is 60.7 Å². The number of nitrogens with zero attached hydrogens (tertiary/aromatic N) is 1. The molecule has 1 heterocycles. The van der Waals surface area contributed by atoms with Gasteiger partial charge in [-0.2, -0.15) is 0 Å². The summed E-state index contributed by atoms with van der Waals surface area (Å²) in [5.74, 6) is 0.689. The lowest BCUT2D eigenvalue weighted by atomic mass is 10.1. The Morgan fingerprint density at radius 1 is 1.17 bits per heavy atom. The summed E-state index contributed by atoms with van der Waals surface area (Å²) in [5, 5.41) is 1.29. The van der Waals surface area contributed by atoms with Crippen LogP contribution < -0.4 is 4.74 Å². The zero-order valence-electron chi connectivity index (χ0n) is 13.2. The van der Waals surface area contributed by atoms with Gasteiger partial charge in [0.15, 0.2) is 5.78 Å². The SMILES string of the molecule is CCOc1ccc2cc(C=CC(=O)c3ccccc3)c(Cl)nc2c1. The van der Waals surface area contributed by atoms with E-state index in [1.165, 1.54) is 6.08 Å². The van der Waals surface area contributed by atoms with Gasteiger partial charge in [-0.05, 0) is 37.3 Å². The molecule has 0 saturated heterocycles. The molecule has 0 atom stereocenters. The smallest absolute Gasteiger partial charge is 0.185 e. The maximum atomic E-state index is 12.1. The Balaban J connectivity index is 1.89. The van der Waals surface area contributed by atoms with Crippen LogP contribution >= 0.6 is 11.6 Å². The molecule has 0 saturated carbocycles. The van der Waals surface area contributed by atoms with Crippen molar-refractivity contribution < 1.29 is 9.53 Å². The lowest BCUT2D eigenvalue weighted by Crippen LogP contribution is -1.94. The summed E-state index contributed by atoms with van der Waals surface area (Å²) in [5.41, 5.74) is 2.11. The van der Waals surface area contributed by atoms with Crippen molar-refractivity contribution in [1.82, 2.24) is 4.98 Å². The molecule has 0 aliphatic carbocycles. The highest BCUT2D eigenvalue weighted by Crippen LogP contribution is 2.25. The van der Waals surface area contributed by atoms with Crippen molar-refractivity contribution in [2.45, 2.75) is 6.92 Å². The van der Waals surface area contributed by atoms with Gasteiger partial charge < -0.3 is 4.74 Å². The Morgan fingerprint density at radius 3 is 2.71 bits per heavy atom. The average molecular weight is 338 g/mol. The van der Waals surface area contributed by atoms with Gasteiger partial charge in [0.1, 0.15) is 10.9 Å². The van der Waals surface area contributed by atoms with Gasteiger partial charge >= 0.3 is 0 Å². The minimum absolute atomic E-state index is 0.0709. The molecule has 0 N–H and O–H groups in total. The van der Waals surface area contributed by atoms with Gasteiger partial charge in [-0.15, -0.1) is 0 Å². The zero-order valence-corrected chi connectivity index (χ0v) is 14.0. The number of aromatic nitrogens is 1.